The minimum absolute atomic E-state index is 0.0612. The summed E-state index contributed by atoms with van der Waals surface area (Å²) < 4.78 is 7.17. The summed E-state index contributed by atoms with van der Waals surface area (Å²) >= 11 is 0. The molecule has 1 atom stereocenters. The van der Waals surface area contributed by atoms with Crippen molar-refractivity contribution in [2.75, 3.05) is 7.11 Å². The summed E-state index contributed by atoms with van der Waals surface area (Å²) in [6, 6.07) is 0. The molecule has 1 N–H and O–H groups in total. The second kappa shape index (κ2) is 5.63. The summed E-state index contributed by atoms with van der Waals surface area (Å²) in [6.45, 7) is 10.4. The molecule has 0 spiro atoms. The van der Waals surface area contributed by atoms with Crippen LogP contribution in [-0.4, -0.2) is 27.6 Å². The molecule has 0 fully saturated rings. The van der Waals surface area contributed by atoms with Gasteiger partial charge in [-0.25, -0.2) is 0 Å². The van der Waals surface area contributed by atoms with E-state index in [0.29, 0.717) is 6.42 Å². The van der Waals surface area contributed by atoms with Gasteiger partial charge in [-0.2, -0.15) is 5.10 Å². The van der Waals surface area contributed by atoms with Crippen LogP contribution in [0.4, 0.5) is 0 Å². The Morgan fingerprint density at radius 2 is 1.89 bits per heavy atom. The Bertz CT molecular complexity index is 416. The number of aliphatic hydroxyl groups is 1. The van der Waals surface area contributed by atoms with Crippen molar-refractivity contribution in [3.63, 3.8) is 0 Å². The number of methoxy groups -OCH3 is 1. The molecule has 0 radical (unpaired) electrons. The van der Waals surface area contributed by atoms with Crippen molar-refractivity contribution in [3.8, 4) is 0 Å². The van der Waals surface area contributed by atoms with E-state index in [0.717, 1.165) is 17.7 Å². The minimum Gasteiger partial charge on any atom is -0.388 e. The number of ether oxygens (including phenoxy) is 1. The number of aromatic nitrogens is 2. The molecule has 0 aliphatic carbocycles. The first-order valence-electron chi connectivity index (χ1n) is 6.84. The van der Waals surface area contributed by atoms with Gasteiger partial charge in [0.1, 0.15) is 0 Å². The maximum absolute atomic E-state index is 10.4. The Labute approximate surface area is 116 Å². The van der Waals surface area contributed by atoms with Crippen molar-refractivity contribution in [3.05, 3.63) is 17.5 Å². The van der Waals surface area contributed by atoms with Crippen LogP contribution in [0.2, 0.25) is 0 Å². The van der Waals surface area contributed by atoms with E-state index in [-0.39, 0.29) is 11.0 Å². The van der Waals surface area contributed by atoms with Crippen LogP contribution in [0.3, 0.4) is 0 Å². The maximum atomic E-state index is 10.4. The van der Waals surface area contributed by atoms with Crippen LogP contribution < -0.4 is 0 Å². The molecule has 1 aromatic rings. The fraction of sp³-hybridized carbons (Fsp3) is 0.800. The zero-order chi connectivity index (χ0) is 14.8. The van der Waals surface area contributed by atoms with Gasteiger partial charge in [0.25, 0.3) is 0 Å². The predicted molar refractivity (Wildman–Crippen MR) is 77.2 cm³/mol. The Balaban J connectivity index is 2.86. The molecule has 0 bridgehead atoms. The first-order valence-corrected chi connectivity index (χ1v) is 6.84. The molecule has 1 unspecified atom stereocenters. The molecule has 0 saturated heterocycles. The number of rotatable bonds is 5. The van der Waals surface area contributed by atoms with Gasteiger partial charge in [0, 0.05) is 31.3 Å². The third-order valence-electron chi connectivity index (χ3n) is 3.50. The molecule has 0 amide bonds. The number of hydrogen-bond acceptors (Lipinski definition) is 3. The van der Waals surface area contributed by atoms with E-state index in [4.69, 9.17) is 4.74 Å². The van der Waals surface area contributed by atoms with E-state index in [1.807, 2.05) is 27.1 Å². The van der Waals surface area contributed by atoms with Crippen LogP contribution in [-0.2, 0) is 17.2 Å². The highest BCUT2D eigenvalue weighted by molar-refractivity contribution is 5.26. The van der Waals surface area contributed by atoms with Gasteiger partial charge in [0.2, 0.25) is 0 Å². The normalized spacial score (nSPS) is 14.7. The molecule has 1 rings (SSSR count). The predicted octanol–water partition coefficient (Wildman–Crippen LogP) is 2.96. The standard InChI is InChI=1S/C15H28N2O2/c1-14(2,3)13-11(10-17(6)16-13)12(18)8-9-15(4,5)19-7/h10,12,18H,8-9H2,1-7H3. The highest BCUT2D eigenvalue weighted by Crippen LogP contribution is 2.31. The molecule has 0 aliphatic heterocycles. The Hall–Kier alpha value is -0.870. The maximum Gasteiger partial charge on any atom is 0.0824 e. The molecule has 0 saturated carbocycles. The number of nitrogens with zero attached hydrogens (tertiary/aromatic N) is 2. The highest BCUT2D eigenvalue weighted by atomic mass is 16.5. The van der Waals surface area contributed by atoms with E-state index in [1.54, 1.807) is 11.8 Å². The van der Waals surface area contributed by atoms with Gasteiger partial charge in [0.15, 0.2) is 0 Å². The fourth-order valence-electron chi connectivity index (χ4n) is 2.08. The molecule has 1 heterocycles. The van der Waals surface area contributed by atoms with Crippen molar-refractivity contribution in [2.45, 2.75) is 64.6 Å². The quantitative estimate of drug-likeness (QED) is 0.893. The van der Waals surface area contributed by atoms with Crippen LogP contribution in [0.15, 0.2) is 6.20 Å². The average molecular weight is 268 g/mol. The second-order valence-corrected chi connectivity index (χ2v) is 6.88. The van der Waals surface area contributed by atoms with Crippen molar-refractivity contribution < 1.29 is 9.84 Å². The number of hydrogen-bond donors (Lipinski definition) is 1. The zero-order valence-electron chi connectivity index (χ0n) is 13.3. The lowest BCUT2D eigenvalue weighted by Gasteiger charge is -2.25. The summed E-state index contributed by atoms with van der Waals surface area (Å²) in [5.74, 6) is 0. The minimum atomic E-state index is -0.489. The summed E-state index contributed by atoms with van der Waals surface area (Å²) in [4.78, 5) is 0. The highest BCUT2D eigenvalue weighted by Gasteiger charge is 2.27. The molecular weight excluding hydrogens is 240 g/mol. The molecule has 4 heteroatoms. The third kappa shape index (κ3) is 4.32. The van der Waals surface area contributed by atoms with Crippen LogP contribution in [0, 0.1) is 0 Å². The zero-order valence-corrected chi connectivity index (χ0v) is 13.3. The van der Waals surface area contributed by atoms with Gasteiger partial charge in [-0.1, -0.05) is 20.8 Å². The topological polar surface area (TPSA) is 47.3 Å². The van der Waals surface area contributed by atoms with Gasteiger partial charge in [-0.3, -0.25) is 4.68 Å². The van der Waals surface area contributed by atoms with Crippen LogP contribution in [0.1, 0.15) is 64.8 Å². The van der Waals surface area contributed by atoms with Crippen LogP contribution in [0.25, 0.3) is 0 Å². The first kappa shape index (κ1) is 16.2. The van der Waals surface area contributed by atoms with Crippen molar-refractivity contribution in [1.82, 2.24) is 9.78 Å². The Morgan fingerprint density at radius 3 is 2.37 bits per heavy atom. The third-order valence-corrected chi connectivity index (χ3v) is 3.50. The second-order valence-electron chi connectivity index (χ2n) is 6.88. The van der Waals surface area contributed by atoms with E-state index in [2.05, 4.69) is 25.9 Å². The van der Waals surface area contributed by atoms with Crippen LogP contribution in [0.5, 0.6) is 0 Å². The molecule has 0 aliphatic rings. The summed E-state index contributed by atoms with van der Waals surface area (Å²) in [5, 5.41) is 14.9. The number of aliphatic hydroxyl groups excluding tert-OH is 1. The smallest absolute Gasteiger partial charge is 0.0824 e. The molecule has 110 valence electrons. The van der Waals surface area contributed by atoms with Gasteiger partial charge in [-0.15, -0.1) is 0 Å². The van der Waals surface area contributed by atoms with Crippen molar-refractivity contribution >= 4 is 0 Å². The lowest BCUT2D eigenvalue weighted by molar-refractivity contribution is 0.00265. The SMILES string of the molecule is COC(C)(C)CCC(O)c1cn(C)nc1C(C)(C)C. The van der Waals surface area contributed by atoms with Gasteiger partial charge in [-0.05, 0) is 26.7 Å². The Morgan fingerprint density at radius 1 is 1.32 bits per heavy atom. The van der Waals surface area contributed by atoms with E-state index in [9.17, 15) is 5.11 Å². The van der Waals surface area contributed by atoms with Crippen LogP contribution >= 0.6 is 0 Å². The first-order chi connectivity index (χ1) is 8.57. The largest absolute Gasteiger partial charge is 0.388 e. The molecule has 1 aromatic heterocycles. The van der Waals surface area contributed by atoms with E-state index >= 15 is 0 Å². The molecule has 4 nitrogen and oxygen atoms in total. The van der Waals surface area contributed by atoms with Gasteiger partial charge >= 0.3 is 0 Å². The lowest BCUT2D eigenvalue weighted by atomic mass is 9.86. The van der Waals surface area contributed by atoms with Crippen molar-refractivity contribution in [2.24, 2.45) is 7.05 Å². The molecule has 19 heavy (non-hydrogen) atoms. The fourth-order valence-corrected chi connectivity index (χ4v) is 2.08. The average Bonchev–Trinajstić information content (AvgIpc) is 2.68. The van der Waals surface area contributed by atoms with Gasteiger partial charge in [0.05, 0.1) is 17.4 Å². The Kier molecular flexibility index (Phi) is 4.80. The monoisotopic (exact) mass is 268 g/mol. The van der Waals surface area contributed by atoms with E-state index < -0.39 is 6.10 Å². The summed E-state index contributed by atoms with van der Waals surface area (Å²) in [5.41, 5.74) is 1.64. The van der Waals surface area contributed by atoms with E-state index in [1.165, 1.54) is 0 Å². The van der Waals surface area contributed by atoms with Crippen molar-refractivity contribution in [1.29, 1.82) is 0 Å². The lowest BCUT2D eigenvalue weighted by Crippen LogP contribution is -2.23. The molecule has 0 aromatic carbocycles. The summed E-state index contributed by atoms with van der Waals surface area (Å²) in [6.07, 6.45) is 2.92. The molecular formula is C15H28N2O2. The summed E-state index contributed by atoms with van der Waals surface area (Å²) in [7, 11) is 3.60. The van der Waals surface area contributed by atoms with Gasteiger partial charge < -0.3 is 9.84 Å². The number of aryl methyl sites for hydroxylation is 1.